The standard InChI is InChI=1S/C14H12F3NO2/c1-2-19-13-8-7-10(9-18-13)11-5-3-4-6-12(11)20-14(15,16)17/h3-9H,2H2,1H3. The van der Waals surface area contributed by atoms with Crippen molar-refractivity contribution in [1.82, 2.24) is 4.98 Å². The molecule has 3 nitrogen and oxygen atoms in total. The number of pyridine rings is 1. The summed E-state index contributed by atoms with van der Waals surface area (Å²) in [5, 5.41) is 0. The van der Waals surface area contributed by atoms with Crippen LogP contribution in [0.1, 0.15) is 6.92 Å². The normalized spacial score (nSPS) is 11.2. The molecular formula is C14H12F3NO2. The van der Waals surface area contributed by atoms with Gasteiger partial charge in [-0.1, -0.05) is 18.2 Å². The van der Waals surface area contributed by atoms with Gasteiger partial charge < -0.3 is 9.47 Å². The Balaban J connectivity index is 2.32. The van der Waals surface area contributed by atoms with Gasteiger partial charge >= 0.3 is 6.36 Å². The van der Waals surface area contributed by atoms with E-state index in [0.717, 1.165) is 0 Å². The molecule has 0 amide bonds. The minimum atomic E-state index is -4.73. The number of aromatic nitrogens is 1. The lowest BCUT2D eigenvalue weighted by molar-refractivity contribution is -0.274. The van der Waals surface area contributed by atoms with Gasteiger partial charge in [-0.15, -0.1) is 13.2 Å². The van der Waals surface area contributed by atoms with Gasteiger partial charge in [-0.25, -0.2) is 4.98 Å². The fourth-order valence-corrected chi connectivity index (χ4v) is 1.69. The molecule has 0 saturated carbocycles. The summed E-state index contributed by atoms with van der Waals surface area (Å²) in [5.74, 6) is 0.163. The summed E-state index contributed by atoms with van der Waals surface area (Å²) in [6, 6.07) is 9.15. The SMILES string of the molecule is CCOc1ccc(-c2ccccc2OC(F)(F)F)cn1. The highest BCUT2D eigenvalue weighted by atomic mass is 19.4. The molecule has 2 rings (SSSR count). The predicted octanol–water partition coefficient (Wildman–Crippen LogP) is 4.05. The third-order valence-electron chi connectivity index (χ3n) is 2.45. The fourth-order valence-electron chi connectivity index (χ4n) is 1.69. The van der Waals surface area contributed by atoms with E-state index in [2.05, 4.69) is 9.72 Å². The van der Waals surface area contributed by atoms with Crippen LogP contribution in [0.5, 0.6) is 11.6 Å². The molecule has 106 valence electrons. The van der Waals surface area contributed by atoms with E-state index >= 15 is 0 Å². The van der Waals surface area contributed by atoms with Crippen LogP contribution in [0.25, 0.3) is 11.1 Å². The predicted molar refractivity (Wildman–Crippen MR) is 67.5 cm³/mol. The zero-order valence-electron chi connectivity index (χ0n) is 10.6. The third-order valence-corrected chi connectivity index (χ3v) is 2.45. The molecule has 0 radical (unpaired) electrons. The van der Waals surface area contributed by atoms with Crippen LogP contribution in [0, 0.1) is 0 Å². The van der Waals surface area contributed by atoms with E-state index in [1.807, 2.05) is 6.92 Å². The van der Waals surface area contributed by atoms with Crippen molar-refractivity contribution < 1.29 is 22.6 Å². The van der Waals surface area contributed by atoms with Gasteiger partial charge in [-0.2, -0.15) is 0 Å². The second-order valence-corrected chi connectivity index (χ2v) is 3.86. The third kappa shape index (κ3) is 3.63. The number of ether oxygens (including phenoxy) is 2. The molecule has 0 N–H and O–H groups in total. The Morgan fingerprint density at radius 1 is 1.10 bits per heavy atom. The Hall–Kier alpha value is -2.24. The Kier molecular flexibility index (Phi) is 4.12. The van der Waals surface area contributed by atoms with Crippen LogP contribution in [0.3, 0.4) is 0 Å². The molecule has 20 heavy (non-hydrogen) atoms. The van der Waals surface area contributed by atoms with Crippen molar-refractivity contribution in [2.75, 3.05) is 6.61 Å². The Bertz CT molecular complexity index is 567. The van der Waals surface area contributed by atoms with Gasteiger partial charge in [0.1, 0.15) is 5.75 Å². The van der Waals surface area contributed by atoms with E-state index in [1.54, 1.807) is 24.3 Å². The van der Waals surface area contributed by atoms with Crippen LogP contribution in [0.4, 0.5) is 13.2 Å². The molecule has 0 spiro atoms. The van der Waals surface area contributed by atoms with Crippen molar-refractivity contribution in [2.45, 2.75) is 13.3 Å². The van der Waals surface area contributed by atoms with Gasteiger partial charge in [0.05, 0.1) is 6.61 Å². The number of hydrogen-bond donors (Lipinski definition) is 0. The molecule has 0 aliphatic carbocycles. The summed E-state index contributed by atoms with van der Waals surface area (Å²) < 4.78 is 46.2. The maximum atomic E-state index is 12.3. The highest BCUT2D eigenvalue weighted by Crippen LogP contribution is 2.33. The summed E-state index contributed by atoms with van der Waals surface area (Å²) in [5.41, 5.74) is 0.841. The van der Waals surface area contributed by atoms with Crippen molar-refractivity contribution in [3.05, 3.63) is 42.6 Å². The molecule has 0 aliphatic rings. The second kappa shape index (κ2) is 5.81. The second-order valence-electron chi connectivity index (χ2n) is 3.86. The van der Waals surface area contributed by atoms with Gasteiger partial charge in [-0.05, 0) is 19.1 Å². The van der Waals surface area contributed by atoms with E-state index in [-0.39, 0.29) is 5.75 Å². The van der Waals surface area contributed by atoms with Gasteiger partial charge in [-0.3, -0.25) is 0 Å². The van der Waals surface area contributed by atoms with Crippen LogP contribution >= 0.6 is 0 Å². The van der Waals surface area contributed by atoms with Crippen molar-refractivity contribution in [2.24, 2.45) is 0 Å². The lowest BCUT2D eigenvalue weighted by atomic mass is 10.1. The molecule has 0 fully saturated rings. The molecule has 1 heterocycles. The summed E-state index contributed by atoms with van der Waals surface area (Å²) in [6.07, 6.45) is -3.28. The first-order valence-corrected chi connectivity index (χ1v) is 5.93. The monoisotopic (exact) mass is 283 g/mol. The topological polar surface area (TPSA) is 31.4 Å². The summed E-state index contributed by atoms with van der Waals surface area (Å²) in [6.45, 7) is 2.29. The van der Waals surface area contributed by atoms with Crippen LogP contribution < -0.4 is 9.47 Å². The van der Waals surface area contributed by atoms with Crippen LogP contribution in [-0.2, 0) is 0 Å². The average Bonchev–Trinajstić information content (AvgIpc) is 2.39. The lowest BCUT2D eigenvalue weighted by Gasteiger charge is -2.13. The van der Waals surface area contributed by atoms with Crippen LogP contribution in [0.15, 0.2) is 42.6 Å². The number of para-hydroxylation sites is 1. The smallest absolute Gasteiger partial charge is 0.478 e. The highest BCUT2D eigenvalue weighted by molar-refractivity contribution is 5.69. The van der Waals surface area contributed by atoms with Crippen molar-refractivity contribution >= 4 is 0 Å². The Morgan fingerprint density at radius 2 is 1.85 bits per heavy atom. The first-order chi connectivity index (χ1) is 9.49. The van der Waals surface area contributed by atoms with E-state index in [0.29, 0.717) is 23.6 Å². The number of nitrogens with zero attached hydrogens (tertiary/aromatic N) is 1. The molecule has 1 aromatic heterocycles. The molecule has 0 atom stereocenters. The highest BCUT2D eigenvalue weighted by Gasteiger charge is 2.32. The van der Waals surface area contributed by atoms with Gasteiger partial charge in [0.25, 0.3) is 0 Å². The van der Waals surface area contributed by atoms with Crippen LogP contribution in [0.2, 0.25) is 0 Å². The van der Waals surface area contributed by atoms with Gasteiger partial charge in [0.2, 0.25) is 5.88 Å². The number of rotatable bonds is 4. The zero-order chi connectivity index (χ0) is 14.6. The van der Waals surface area contributed by atoms with E-state index in [9.17, 15) is 13.2 Å². The Morgan fingerprint density at radius 3 is 2.45 bits per heavy atom. The van der Waals surface area contributed by atoms with Gasteiger partial charge in [0.15, 0.2) is 0 Å². The number of hydrogen-bond acceptors (Lipinski definition) is 3. The maximum Gasteiger partial charge on any atom is 0.573 e. The molecule has 0 aliphatic heterocycles. The van der Waals surface area contributed by atoms with Crippen molar-refractivity contribution in [3.8, 4) is 22.8 Å². The quantitative estimate of drug-likeness (QED) is 0.848. The molecule has 0 bridgehead atoms. The fraction of sp³-hybridized carbons (Fsp3) is 0.214. The first-order valence-electron chi connectivity index (χ1n) is 5.93. The Labute approximate surface area is 114 Å². The van der Waals surface area contributed by atoms with E-state index in [1.165, 1.54) is 18.3 Å². The average molecular weight is 283 g/mol. The summed E-state index contributed by atoms with van der Waals surface area (Å²) >= 11 is 0. The summed E-state index contributed by atoms with van der Waals surface area (Å²) in [4.78, 5) is 4.02. The minimum Gasteiger partial charge on any atom is -0.478 e. The zero-order valence-corrected chi connectivity index (χ0v) is 10.6. The number of benzene rings is 1. The maximum absolute atomic E-state index is 12.3. The van der Waals surface area contributed by atoms with Crippen molar-refractivity contribution in [3.63, 3.8) is 0 Å². The van der Waals surface area contributed by atoms with Crippen molar-refractivity contribution in [1.29, 1.82) is 0 Å². The number of halogens is 3. The minimum absolute atomic E-state index is 0.258. The van der Waals surface area contributed by atoms with Gasteiger partial charge in [0, 0.05) is 23.4 Å². The molecule has 0 unspecified atom stereocenters. The molecule has 0 saturated heterocycles. The molecular weight excluding hydrogens is 271 g/mol. The van der Waals surface area contributed by atoms with E-state index in [4.69, 9.17) is 4.74 Å². The molecule has 6 heteroatoms. The lowest BCUT2D eigenvalue weighted by Crippen LogP contribution is -2.17. The van der Waals surface area contributed by atoms with E-state index < -0.39 is 6.36 Å². The van der Waals surface area contributed by atoms with Crippen LogP contribution in [-0.4, -0.2) is 18.0 Å². The summed E-state index contributed by atoms with van der Waals surface area (Å²) in [7, 11) is 0. The first kappa shape index (κ1) is 14.2. The molecule has 1 aromatic carbocycles. The molecule has 2 aromatic rings. The largest absolute Gasteiger partial charge is 0.573 e. The number of alkyl halides is 3.